The van der Waals surface area contributed by atoms with Gasteiger partial charge in [-0.15, -0.1) is 12.4 Å². The van der Waals surface area contributed by atoms with Crippen molar-refractivity contribution in [2.75, 3.05) is 19.6 Å². The van der Waals surface area contributed by atoms with Gasteiger partial charge in [-0.1, -0.05) is 30.3 Å². The lowest BCUT2D eigenvalue weighted by molar-refractivity contribution is 0.184. The fourth-order valence-electron chi connectivity index (χ4n) is 2.47. The second kappa shape index (κ2) is 6.88. The molecule has 20 heavy (non-hydrogen) atoms. The van der Waals surface area contributed by atoms with Crippen molar-refractivity contribution in [2.45, 2.75) is 19.5 Å². The van der Waals surface area contributed by atoms with Crippen LogP contribution in [0, 0.1) is 0 Å². The molecule has 4 nitrogen and oxygen atoms in total. The molecule has 0 bridgehead atoms. The van der Waals surface area contributed by atoms with Gasteiger partial charge in [-0.2, -0.15) is 0 Å². The van der Waals surface area contributed by atoms with Gasteiger partial charge in [0.25, 0.3) is 0 Å². The second-order valence-corrected chi connectivity index (χ2v) is 5.07. The van der Waals surface area contributed by atoms with Crippen molar-refractivity contribution in [3.8, 4) is 11.3 Å². The number of benzene rings is 1. The average Bonchev–Trinajstić information content (AvgIpc) is 2.88. The molecule has 1 saturated heterocycles. The van der Waals surface area contributed by atoms with Crippen molar-refractivity contribution in [2.24, 2.45) is 0 Å². The predicted molar refractivity (Wildman–Crippen MR) is 81.9 cm³/mol. The van der Waals surface area contributed by atoms with Crippen LogP contribution < -0.4 is 5.32 Å². The number of nitrogens with zero attached hydrogens (tertiary/aromatic N) is 2. The maximum absolute atomic E-state index is 5.83. The SMILES string of the molecule is C[C@@H]1CN(Cc2ncc(-c3ccccc3)o2)CCN1.Cl. The van der Waals surface area contributed by atoms with E-state index in [9.17, 15) is 0 Å². The summed E-state index contributed by atoms with van der Waals surface area (Å²) in [6, 6.07) is 10.6. The number of nitrogens with one attached hydrogen (secondary N) is 1. The van der Waals surface area contributed by atoms with Gasteiger partial charge < -0.3 is 9.73 Å². The highest BCUT2D eigenvalue weighted by Gasteiger charge is 2.17. The smallest absolute Gasteiger partial charge is 0.209 e. The molecule has 1 N–H and O–H groups in total. The number of rotatable bonds is 3. The van der Waals surface area contributed by atoms with Gasteiger partial charge >= 0.3 is 0 Å². The summed E-state index contributed by atoms with van der Waals surface area (Å²) in [4.78, 5) is 6.76. The summed E-state index contributed by atoms with van der Waals surface area (Å²) < 4.78 is 5.83. The summed E-state index contributed by atoms with van der Waals surface area (Å²) >= 11 is 0. The van der Waals surface area contributed by atoms with Crippen molar-refractivity contribution < 1.29 is 4.42 Å². The van der Waals surface area contributed by atoms with Crippen LogP contribution in [0.1, 0.15) is 12.8 Å². The fourth-order valence-corrected chi connectivity index (χ4v) is 2.47. The molecule has 1 aromatic heterocycles. The highest BCUT2D eigenvalue weighted by molar-refractivity contribution is 5.85. The van der Waals surface area contributed by atoms with Crippen molar-refractivity contribution in [3.05, 3.63) is 42.4 Å². The average molecular weight is 294 g/mol. The first-order chi connectivity index (χ1) is 9.31. The summed E-state index contributed by atoms with van der Waals surface area (Å²) in [5, 5.41) is 3.44. The van der Waals surface area contributed by atoms with E-state index in [1.54, 1.807) is 0 Å². The van der Waals surface area contributed by atoms with E-state index < -0.39 is 0 Å². The van der Waals surface area contributed by atoms with E-state index in [0.29, 0.717) is 6.04 Å². The van der Waals surface area contributed by atoms with Gasteiger partial charge in [-0.05, 0) is 6.92 Å². The summed E-state index contributed by atoms with van der Waals surface area (Å²) in [5.41, 5.74) is 1.08. The lowest BCUT2D eigenvalue weighted by atomic mass is 10.2. The molecule has 0 unspecified atom stereocenters. The first-order valence-corrected chi connectivity index (χ1v) is 6.77. The Morgan fingerprint density at radius 2 is 2.15 bits per heavy atom. The molecule has 1 atom stereocenters. The number of halogens is 1. The summed E-state index contributed by atoms with van der Waals surface area (Å²) in [5.74, 6) is 1.65. The Kier molecular flexibility index (Phi) is 5.17. The quantitative estimate of drug-likeness (QED) is 0.944. The number of piperazine rings is 1. The van der Waals surface area contributed by atoms with Crippen molar-refractivity contribution in [1.29, 1.82) is 0 Å². The molecule has 0 aliphatic carbocycles. The molecule has 5 heteroatoms. The Balaban J connectivity index is 0.00000147. The van der Waals surface area contributed by atoms with Gasteiger partial charge in [-0.3, -0.25) is 4.90 Å². The van der Waals surface area contributed by atoms with E-state index in [1.807, 2.05) is 36.5 Å². The zero-order valence-electron chi connectivity index (χ0n) is 11.6. The fraction of sp³-hybridized carbons (Fsp3) is 0.400. The molecular formula is C15H20ClN3O. The van der Waals surface area contributed by atoms with Crippen LogP contribution in [-0.4, -0.2) is 35.6 Å². The Bertz CT molecular complexity index is 529. The predicted octanol–water partition coefficient (Wildman–Crippen LogP) is 2.56. The molecule has 0 spiro atoms. The molecular weight excluding hydrogens is 274 g/mol. The molecule has 2 aromatic rings. The molecule has 1 aliphatic heterocycles. The van der Waals surface area contributed by atoms with Crippen molar-refractivity contribution in [1.82, 2.24) is 15.2 Å². The summed E-state index contributed by atoms with van der Waals surface area (Å²) in [6.45, 7) is 6.12. The third-order valence-electron chi connectivity index (χ3n) is 3.42. The molecule has 1 fully saturated rings. The number of oxazole rings is 1. The molecule has 0 saturated carbocycles. The van der Waals surface area contributed by atoms with E-state index in [4.69, 9.17) is 4.42 Å². The normalized spacial score (nSPS) is 19.6. The monoisotopic (exact) mass is 293 g/mol. The first kappa shape index (κ1) is 15.0. The minimum Gasteiger partial charge on any atom is -0.439 e. The molecule has 108 valence electrons. The minimum absolute atomic E-state index is 0. The largest absolute Gasteiger partial charge is 0.439 e. The number of hydrogen-bond donors (Lipinski definition) is 1. The van der Waals surface area contributed by atoms with E-state index in [-0.39, 0.29) is 12.4 Å². The molecule has 0 radical (unpaired) electrons. The molecule has 2 heterocycles. The Hall–Kier alpha value is -1.36. The van der Waals surface area contributed by atoms with E-state index in [1.165, 1.54) is 0 Å². The summed E-state index contributed by atoms with van der Waals surface area (Å²) in [6.07, 6.45) is 1.82. The van der Waals surface area contributed by atoms with Gasteiger partial charge in [0.15, 0.2) is 5.76 Å². The van der Waals surface area contributed by atoms with Crippen LogP contribution in [0.25, 0.3) is 11.3 Å². The molecule has 0 amide bonds. The van der Waals surface area contributed by atoms with Crippen LogP contribution in [0.2, 0.25) is 0 Å². The van der Waals surface area contributed by atoms with Crippen LogP contribution in [0.3, 0.4) is 0 Å². The van der Waals surface area contributed by atoms with Crippen LogP contribution in [0.5, 0.6) is 0 Å². The topological polar surface area (TPSA) is 41.3 Å². The van der Waals surface area contributed by atoms with Gasteiger partial charge in [-0.25, -0.2) is 4.98 Å². The van der Waals surface area contributed by atoms with Gasteiger partial charge in [0.2, 0.25) is 5.89 Å². The lowest BCUT2D eigenvalue weighted by Gasteiger charge is -2.30. The van der Waals surface area contributed by atoms with Crippen molar-refractivity contribution in [3.63, 3.8) is 0 Å². The van der Waals surface area contributed by atoms with Gasteiger partial charge in [0, 0.05) is 31.2 Å². The van der Waals surface area contributed by atoms with E-state index >= 15 is 0 Å². The first-order valence-electron chi connectivity index (χ1n) is 6.77. The zero-order chi connectivity index (χ0) is 13.1. The second-order valence-electron chi connectivity index (χ2n) is 5.07. The third-order valence-corrected chi connectivity index (χ3v) is 3.42. The van der Waals surface area contributed by atoms with Crippen molar-refractivity contribution >= 4 is 12.4 Å². The molecule has 1 aromatic carbocycles. The van der Waals surface area contributed by atoms with Crippen LogP contribution >= 0.6 is 12.4 Å². The van der Waals surface area contributed by atoms with Crippen LogP contribution in [0.4, 0.5) is 0 Å². The maximum Gasteiger partial charge on any atom is 0.209 e. The highest BCUT2D eigenvalue weighted by atomic mass is 35.5. The van der Waals surface area contributed by atoms with Crippen LogP contribution in [0.15, 0.2) is 40.9 Å². The maximum atomic E-state index is 5.83. The lowest BCUT2D eigenvalue weighted by Crippen LogP contribution is -2.48. The van der Waals surface area contributed by atoms with E-state index in [2.05, 4.69) is 22.1 Å². The Labute approximate surface area is 125 Å². The zero-order valence-corrected chi connectivity index (χ0v) is 12.4. The number of aromatic nitrogens is 1. The molecule has 3 rings (SSSR count). The minimum atomic E-state index is 0. The number of hydrogen-bond acceptors (Lipinski definition) is 4. The molecule has 1 aliphatic rings. The highest BCUT2D eigenvalue weighted by Crippen LogP contribution is 2.20. The van der Waals surface area contributed by atoms with Crippen LogP contribution in [-0.2, 0) is 6.54 Å². The Morgan fingerprint density at radius 3 is 2.90 bits per heavy atom. The van der Waals surface area contributed by atoms with E-state index in [0.717, 1.165) is 43.4 Å². The van der Waals surface area contributed by atoms with Gasteiger partial charge in [0.05, 0.1) is 12.7 Å². The summed E-state index contributed by atoms with van der Waals surface area (Å²) in [7, 11) is 0. The Morgan fingerprint density at radius 1 is 1.35 bits per heavy atom. The standard InChI is InChI=1S/C15H19N3O.ClH/c1-12-10-18(8-7-16-12)11-15-17-9-14(19-15)13-5-3-2-4-6-13;/h2-6,9,12,16H,7-8,10-11H2,1H3;1H/t12-;/m1./s1. The third kappa shape index (κ3) is 3.60. The van der Waals surface area contributed by atoms with Gasteiger partial charge in [0.1, 0.15) is 0 Å².